The van der Waals surface area contributed by atoms with E-state index in [1.54, 1.807) is 7.11 Å². The molecule has 3 aliphatic heterocycles. The molecular formula is C23H30N3O6P. The lowest BCUT2D eigenvalue weighted by Crippen LogP contribution is -2.39. The Kier molecular flexibility index (Phi) is 6.29. The van der Waals surface area contributed by atoms with E-state index in [1.807, 2.05) is 25.1 Å². The maximum absolute atomic E-state index is 12.4. The van der Waals surface area contributed by atoms with E-state index < -0.39 is 43.8 Å². The number of benzene rings is 1. The second-order valence-electron chi connectivity index (χ2n) is 8.88. The summed E-state index contributed by atoms with van der Waals surface area (Å²) in [6.45, 7) is 5.08. The topological polar surface area (TPSA) is 95.0 Å². The van der Waals surface area contributed by atoms with Crippen molar-refractivity contribution in [3.05, 3.63) is 69.0 Å². The standard InChI is InChI=1S/C23H30N3O6P/c1-4-16-19(20(29-3)21(30-16)25-14-12-18(27)24-22(25)28)31-33-26-13-8-11-17(26)23(2,32-33)15-9-6-5-7-10-15/h5-7,9-10,12,14,16-17,19-21H,4,8,11,13H2,1-3H3,(H,24,27,28)/t16-,17-,19?,20+,21-,23+,33-/m1/s1. The van der Waals surface area contributed by atoms with Crippen LogP contribution < -0.4 is 11.2 Å². The first-order valence-corrected chi connectivity index (χ1v) is 12.6. The smallest absolute Gasteiger partial charge is 0.330 e. The molecule has 0 spiro atoms. The van der Waals surface area contributed by atoms with Crippen molar-refractivity contribution in [3.8, 4) is 0 Å². The van der Waals surface area contributed by atoms with Crippen molar-refractivity contribution in [1.29, 1.82) is 0 Å². The molecular weight excluding hydrogens is 445 g/mol. The van der Waals surface area contributed by atoms with Crippen LogP contribution in [0.1, 0.15) is 44.9 Å². The molecule has 1 aromatic heterocycles. The average Bonchev–Trinajstić information content (AvgIpc) is 3.50. The van der Waals surface area contributed by atoms with Crippen molar-refractivity contribution in [3.63, 3.8) is 0 Å². The van der Waals surface area contributed by atoms with Crippen molar-refractivity contribution >= 4 is 8.53 Å². The number of hydrogen-bond donors (Lipinski definition) is 1. The number of aromatic nitrogens is 2. The summed E-state index contributed by atoms with van der Waals surface area (Å²) in [5.41, 5.74) is -0.302. The molecule has 0 radical (unpaired) electrons. The fourth-order valence-corrected chi connectivity index (χ4v) is 7.40. The van der Waals surface area contributed by atoms with Gasteiger partial charge in [-0.3, -0.25) is 14.3 Å². The number of nitrogens with zero attached hydrogens (tertiary/aromatic N) is 2. The Balaban J connectivity index is 1.43. The van der Waals surface area contributed by atoms with Gasteiger partial charge in [-0.1, -0.05) is 37.3 Å². The minimum atomic E-state index is -1.35. The fraction of sp³-hybridized carbons (Fsp3) is 0.565. The summed E-state index contributed by atoms with van der Waals surface area (Å²) in [6, 6.07) is 11.9. The van der Waals surface area contributed by atoms with Crippen LogP contribution in [0, 0.1) is 0 Å². The number of H-pyrrole nitrogens is 1. The second-order valence-corrected chi connectivity index (χ2v) is 10.3. The van der Waals surface area contributed by atoms with Crippen molar-refractivity contribution in [1.82, 2.24) is 14.2 Å². The van der Waals surface area contributed by atoms with Crippen LogP contribution in [0.25, 0.3) is 0 Å². The van der Waals surface area contributed by atoms with Crippen molar-refractivity contribution < 1.29 is 18.5 Å². The third-order valence-electron chi connectivity index (χ3n) is 6.98. The first-order chi connectivity index (χ1) is 16.0. The van der Waals surface area contributed by atoms with E-state index in [0.717, 1.165) is 24.9 Å². The Morgan fingerprint density at radius 2 is 2.00 bits per heavy atom. The first kappa shape index (κ1) is 22.9. The highest BCUT2D eigenvalue weighted by Crippen LogP contribution is 2.64. The van der Waals surface area contributed by atoms with Gasteiger partial charge in [0.1, 0.15) is 17.8 Å². The molecule has 0 aliphatic carbocycles. The zero-order valence-electron chi connectivity index (χ0n) is 19.0. The number of methoxy groups -OCH3 is 1. The van der Waals surface area contributed by atoms with Gasteiger partial charge in [0.25, 0.3) is 14.1 Å². The third-order valence-corrected chi connectivity index (χ3v) is 8.84. The molecule has 0 amide bonds. The largest absolute Gasteiger partial charge is 0.374 e. The van der Waals surface area contributed by atoms with Gasteiger partial charge in [0.2, 0.25) is 0 Å². The van der Waals surface area contributed by atoms with E-state index in [9.17, 15) is 9.59 Å². The molecule has 33 heavy (non-hydrogen) atoms. The average molecular weight is 475 g/mol. The van der Waals surface area contributed by atoms with Gasteiger partial charge in [-0.15, -0.1) is 0 Å². The van der Waals surface area contributed by atoms with Crippen LogP contribution in [0.15, 0.2) is 52.2 Å². The lowest BCUT2D eigenvalue weighted by molar-refractivity contribution is -0.0539. The van der Waals surface area contributed by atoms with Crippen LogP contribution in [0.2, 0.25) is 0 Å². The van der Waals surface area contributed by atoms with Gasteiger partial charge in [-0.2, -0.15) is 0 Å². The highest BCUT2D eigenvalue weighted by atomic mass is 31.2. The number of aromatic amines is 1. The SMILES string of the molecule is CC[C@H]1O[C@@H](n2ccc(=O)[nH]c2=O)[C@@H](OC)C1O[P@]1O[C@@](C)(c2ccccc2)[C@H]2CCCN21. The van der Waals surface area contributed by atoms with E-state index in [-0.39, 0.29) is 12.1 Å². The van der Waals surface area contributed by atoms with Crippen LogP contribution >= 0.6 is 8.53 Å². The molecule has 3 aliphatic rings. The summed E-state index contributed by atoms with van der Waals surface area (Å²) in [6.07, 6.45) is 2.32. The Morgan fingerprint density at radius 1 is 1.21 bits per heavy atom. The molecule has 3 fully saturated rings. The van der Waals surface area contributed by atoms with Gasteiger partial charge in [0.15, 0.2) is 6.23 Å². The molecule has 5 rings (SSSR count). The highest BCUT2D eigenvalue weighted by molar-refractivity contribution is 7.45. The molecule has 3 saturated heterocycles. The van der Waals surface area contributed by atoms with Gasteiger partial charge in [0.05, 0.1) is 12.1 Å². The van der Waals surface area contributed by atoms with Crippen LogP contribution in [0.4, 0.5) is 0 Å². The van der Waals surface area contributed by atoms with Gasteiger partial charge in [0, 0.05) is 25.9 Å². The molecule has 2 aromatic rings. The maximum atomic E-state index is 12.4. The predicted molar refractivity (Wildman–Crippen MR) is 123 cm³/mol. The van der Waals surface area contributed by atoms with Gasteiger partial charge >= 0.3 is 5.69 Å². The Bertz CT molecular complexity index is 1090. The monoisotopic (exact) mass is 475 g/mol. The Labute approximate surface area is 193 Å². The highest BCUT2D eigenvalue weighted by Gasteiger charge is 2.57. The molecule has 178 valence electrons. The van der Waals surface area contributed by atoms with Crippen molar-refractivity contribution in [2.45, 2.75) is 69.3 Å². The molecule has 4 heterocycles. The molecule has 0 saturated carbocycles. The molecule has 7 atom stereocenters. The van der Waals surface area contributed by atoms with Crippen LogP contribution in [-0.4, -0.2) is 52.2 Å². The van der Waals surface area contributed by atoms with E-state index in [4.69, 9.17) is 18.5 Å². The molecule has 10 heteroatoms. The van der Waals surface area contributed by atoms with E-state index in [2.05, 4.69) is 28.7 Å². The minimum Gasteiger partial charge on any atom is -0.374 e. The fourth-order valence-electron chi connectivity index (χ4n) is 5.25. The molecule has 1 N–H and O–H groups in total. The number of fused-ring (bicyclic) bond motifs is 1. The molecule has 0 bridgehead atoms. The Hall–Kier alpha value is -1.87. The predicted octanol–water partition coefficient (Wildman–Crippen LogP) is 2.88. The number of rotatable bonds is 6. The summed E-state index contributed by atoms with van der Waals surface area (Å²) in [7, 11) is 0.240. The maximum Gasteiger partial charge on any atom is 0.330 e. The molecule has 1 unspecified atom stereocenters. The summed E-state index contributed by atoms with van der Waals surface area (Å²) in [5.74, 6) is 0. The van der Waals surface area contributed by atoms with E-state index in [1.165, 1.54) is 16.8 Å². The van der Waals surface area contributed by atoms with Crippen LogP contribution in [-0.2, 0) is 24.1 Å². The third kappa shape index (κ3) is 3.91. The Morgan fingerprint density at radius 3 is 2.70 bits per heavy atom. The van der Waals surface area contributed by atoms with Crippen LogP contribution in [0.3, 0.4) is 0 Å². The van der Waals surface area contributed by atoms with Crippen molar-refractivity contribution in [2.24, 2.45) is 0 Å². The molecule has 9 nitrogen and oxygen atoms in total. The van der Waals surface area contributed by atoms with E-state index >= 15 is 0 Å². The lowest BCUT2D eigenvalue weighted by atomic mass is 9.87. The zero-order valence-corrected chi connectivity index (χ0v) is 19.9. The van der Waals surface area contributed by atoms with Crippen molar-refractivity contribution in [2.75, 3.05) is 13.7 Å². The summed E-state index contributed by atoms with van der Waals surface area (Å²) in [5, 5.41) is 0. The minimum absolute atomic E-state index is 0.243. The van der Waals surface area contributed by atoms with Gasteiger partial charge in [-0.25, -0.2) is 9.46 Å². The lowest BCUT2D eigenvalue weighted by Gasteiger charge is -2.29. The molecule has 1 aromatic carbocycles. The normalized spacial score (nSPS) is 36.3. The van der Waals surface area contributed by atoms with Gasteiger partial charge in [-0.05, 0) is 31.7 Å². The first-order valence-electron chi connectivity index (χ1n) is 11.4. The number of ether oxygens (including phenoxy) is 2. The number of nitrogens with one attached hydrogen (secondary N) is 1. The summed E-state index contributed by atoms with van der Waals surface area (Å²) in [4.78, 5) is 26.2. The summed E-state index contributed by atoms with van der Waals surface area (Å²) >= 11 is 0. The van der Waals surface area contributed by atoms with Crippen LogP contribution in [0.5, 0.6) is 0 Å². The van der Waals surface area contributed by atoms with E-state index in [0.29, 0.717) is 6.42 Å². The number of hydrogen-bond acceptors (Lipinski definition) is 7. The second kappa shape index (κ2) is 9.06. The zero-order chi connectivity index (χ0) is 23.2. The summed E-state index contributed by atoms with van der Waals surface area (Å²) < 4.78 is 29.1. The quantitative estimate of drug-likeness (QED) is 0.642. The van der Waals surface area contributed by atoms with Gasteiger partial charge < -0.3 is 18.5 Å².